The van der Waals surface area contributed by atoms with Crippen LogP contribution in [-0.4, -0.2) is 33.9 Å². The SMILES string of the molecule is CC(=O)O.CC(=O)O.CCO.N. The van der Waals surface area contributed by atoms with Crippen LogP contribution in [0.3, 0.4) is 0 Å². The first-order valence-corrected chi connectivity index (χ1v) is 2.88. The summed E-state index contributed by atoms with van der Waals surface area (Å²) in [5, 5.41) is 22.4. The molecule has 0 rings (SSSR count). The Balaban J connectivity index is -0.0000000389. The minimum atomic E-state index is -0.833. The molecule has 0 aliphatic rings. The van der Waals surface area contributed by atoms with E-state index in [1.807, 2.05) is 0 Å². The molecule has 0 fully saturated rings. The van der Waals surface area contributed by atoms with Gasteiger partial charge in [-0.15, -0.1) is 0 Å². The summed E-state index contributed by atoms with van der Waals surface area (Å²) >= 11 is 0. The number of aliphatic hydroxyl groups excluding tert-OH is 1. The van der Waals surface area contributed by atoms with Crippen LogP contribution in [0.2, 0.25) is 0 Å². The highest BCUT2D eigenvalue weighted by Gasteiger charge is 1.65. The van der Waals surface area contributed by atoms with E-state index in [4.69, 9.17) is 24.9 Å². The molecule has 0 unspecified atom stereocenters. The van der Waals surface area contributed by atoms with E-state index in [-0.39, 0.29) is 12.8 Å². The molecule has 0 radical (unpaired) electrons. The molecule has 0 saturated carbocycles. The number of hydrogen-bond acceptors (Lipinski definition) is 4. The van der Waals surface area contributed by atoms with Gasteiger partial charge in [-0.1, -0.05) is 0 Å². The van der Waals surface area contributed by atoms with Crippen molar-refractivity contribution in [1.29, 1.82) is 0 Å². The van der Waals surface area contributed by atoms with E-state index < -0.39 is 11.9 Å². The lowest BCUT2D eigenvalue weighted by atomic mass is 10.9. The van der Waals surface area contributed by atoms with Crippen LogP contribution in [0.1, 0.15) is 20.8 Å². The molecule has 0 amide bonds. The van der Waals surface area contributed by atoms with Crippen molar-refractivity contribution in [2.24, 2.45) is 0 Å². The standard InChI is InChI=1S/2C2H4O2.C2H6O.H3N/c2*1-2(3)4;1-2-3;/h2*1H3,(H,3,4);3H,2H2,1H3;1H3. The first-order chi connectivity index (χ1) is 4.88. The van der Waals surface area contributed by atoms with Crippen molar-refractivity contribution in [2.45, 2.75) is 20.8 Å². The van der Waals surface area contributed by atoms with E-state index in [2.05, 4.69) is 0 Å². The lowest BCUT2D eigenvalue weighted by Crippen LogP contribution is -1.78. The summed E-state index contributed by atoms with van der Waals surface area (Å²) in [6.45, 7) is 4.10. The van der Waals surface area contributed by atoms with Crippen molar-refractivity contribution in [1.82, 2.24) is 6.15 Å². The van der Waals surface area contributed by atoms with Gasteiger partial charge < -0.3 is 21.5 Å². The minimum Gasteiger partial charge on any atom is -0.481 e. The predicted molar refractivity (Wildman–Crippen MR) is 44.4 cm³/mol. The van der Waals surface area contributed by atoms with Gasteiger partial charge in [0.15, 0.2) is 0 Å². The van der Waals surface area contributed by atoms with Crippen molar-refractivity contribution < 1.29 is 24.9 Å². The number of carboxylic acids is 2. The van der Waals surface area contributed by atoms with E-state index in [0.717, 1.165) is 13.8 Å². The molecule has 0 heterocycles. The fraction of sp³-hybridized carbons (Fsp3) is 0.667. The normalized spacial score (nSPS) is 5.67. The third-order valence-electron chi connectivity index (χ3n) is 0. The maximum absolute atomic E-state index is 9.00. The average Bonchev–Trinajstić information content (AvgIpc) is 1.60. The summed E-state index contributed by atoms with van der Waals surface area (Å²) < 4.78 is 0. The third kappa shape index (κ3) is 421. The number of rotatable bonds is 0. The minimum absolute atomic E-state index is 0. The summed E-state index contributed by atoms with van der Waals surface area (Å²) in [7, 11) is 0. The Kier molecular flexibility index (Phi) is 42.1. The molecule has 0 aliphatic heterocycles. The van der Waals surface area contributed by atoms with Crippen molar-refractivity contribution in [2.75, 3.05) is 6.61 Å². The van der Waals surface area contributed by atoms with E-state index in [0.29, 0.717) is 0 Å². The van der Waals surface area contributed by atoms with Crippen LogP contribution in [0, 0.1) is 0 Å². The fourth-order valence-electron chi connectivity index (χ4n) is 0. The van der Waals surface area contributed by atoms with Crippen LogP contribution < -0.4 is 6.15 Å². The number of aliphatic carboxylic acids is 2. The fourth-order valence-corrected chi connectivity index (χ4v) is 0. The van der Waals surface area contributed by atoms with Gasteiger partial charge in [0.25, 0.3) is 11.9 Å². The monoisotopic (exact) mass is 183 g/mol. The molecule has 0 aromatic heterocycles. The third-order valence-corrected chi connectivity index (χ3v) is 0. The molecule has 0 aliphatic carbocycles. The van der Waals surface area contributed by atoms with Crippen LogP contribution >= 0.6 is 0 Å². The number of aliphatic hydroxyl groups is 1. The van der Waals surface area contributed by atoms with Crippen LogP contribution in [0.5, 0.6) is 0 Å². The highest BCUT2D eigenvalue weighted by atomic mass is 16.4. The van der Waals surface area contributed by atoms with Crippen LogP contribution in [0.25, 0.3) is 0 Å². The summed E-state index contributed by atoms with van der Waals surface area (Å²) in [6, 6.07) is 0. The Labute approximate surface area is 71.4 Å². The summed E-state index contributed by atoms with van der Waals surface area (Å²) in [4.78, 5) is 18.0. The molecule has 0 atom stereocenters. The maximum atomic E-state index is 9.00. The highest BCUT2D eigenvalue weighted by molar-refractivity contribution is 5.63. The molecule has 6 N–H and O–H groups in total. The first kappa shape index (κ1) is 22.4. The second kappa shape index (κ2) is 22.5. The Morgan fingerprint density at radius 3 is 1.08 bits per heavy atom. The summed E-state index contributed by atoms with van der Waals surface area (Å²) in [5.74, 6) is -1.67. The van der Waals surface area contributed by atoms with Crippen molar-refractivity contribution in [3.63, 3.8) is 0 Å². The lowest BCUT2D eigenvalue weighted by Gasteiger charge is -1.59. The number of carbonyl (C=O) groups is 2. The molecule has 0 aromatic rings. The Bertz CT molecular complexity index is 84.1. The topological polar surface area (TPSA) is 130 Å². The first-order valence-electron chi connectivity index (χ1n) is 2.88. The number of hydrogen-bond donors (Lipinski definition) is 4. The predicted octanol–water partition coefficient (Wildman–Crippen LogP) is 0.342. The molecule has 6 heteroatoms. The summed E-state index contributed by atoms with van der Waals surface area (Å²) in [6.07, 6.45) is 0. The van der Waals surface area contributed by atoms with E-state index in [9.17, 15) is 0 Å². The van der Waals surface area contributed by atoms with Crippen LogP contribution in [0.15, 0.2) is 0 Å². The Morgan fingerprint density at radius 1 is 1.08 bits per heavy atom. The van der Waals surface area contributed by atoms with E-state index in [1.165, 1.54) is 0 Å². The average molecular weight is 183 g/mol. The Morgan fingerprint density at radius 2 is 1.08 bits per heavy atom. The van der Waals surface area contributed by atoms with Gasteiger partial charge in [0.1, 0.15) is 0 Å². The van der Waals surface area contributed by atoms with E-state index in [1.54, 1.807) is 6.92 Å². The zero-order chi connectivity index (χ0) is 9.86. The smallest absolute Gasteiger partial charge is 0.300 e. The molecule has 0 saturated heterocycles. The molecule has 6 nitrogen and oxygen atoms in total. The maximum Gasteiger partial charge on any atom is 0.300 e. The van der Waals surface area contributed by atoms with Gasteiger partial charge in [-0.3, -0.25) is 9.59 Å². The van der Waals surface area contributed by atoms with Crippen molar-refractivity contribution >= 4 is 11.9 Å². The van der Waals surface area contributed by atoms with Crippen molar-refractivity contribution in [3.8, 4) is 0 Å². The van der Waals surface area contributed by atoms with Crippen LogP contribution in [-0.2, 0) is 9.59 Å². The van der Waals surface area contributed by atoms with Crippen molar-refractivity contribution in [3.05, 3.63) is 0 Å². The van der Waals surface area contributed by atoms with Gasteiger partial charge >= 0.3 is 0 Å². The second-order valence-corrected chi connectivity index (χ2v) is 1.35. The highest BCUT2D eigenvalue weighted by Crippen LogP contribution is 1.42. The lowest BCUT2D eigenvalue weighted by molar-refractivity contribution is -0.135. The zero-order valence-corrected chi connectivity index (χ0v) is 7.57. The summed E-state index contributed by atoms with van der Waals surface area (Å²) in [5.41, 5.74) is 0. The van der Waals surface area contributed by atoms with Gasteiger partial charge in [-0.05, 0) is 6.92 Å². The van der Waals surface area contributed by atoms with Gasteiger partial charge in [0.2, 0.25) is 0 Å². The molecule has 0 aromatic carbocycles. The van der Waals surface area contributed by atoms with E-state index >= 15 is 0 Å². The quantitative estimate of drug-likeness (QED) is 0.428. The zero-order valence-electron chi connectivity index (χ0n) is 7.57. The molecule has 76 valence electrons. The largest absolute Gasteiger partial charge is 0.481 e. The van der Waals surface area contributed by atoms with Gasteiger partial charge in [0, 0.05) is 20.5 Å². The van der Waals surface area contributed by atoms with Crippen LogP contribution in [0.4, 0.5) is 0 Å². The van der Waals surface area contributed by atoms with Gasteiger partial charge in [-0.2, -0.15) is 0 Å². The second-order valence-electron chi connectivity index (χ2n) is 1.35. The number of carboxylic acid groups (broad SMARTS) is 2. The Hall–Kier alpha value is -1.14. The molecular formula is C6H17NO5. The van der Waals surface area contributed by atoms with Gasteiger partial charge in [0.05, 0.1) is 0 Å². The molecule has 12 heavy (non-hydrogen) atoms. The molecule has 0 spiro atoms. The molecule has 0 bridgehead atoms. The van der Waals surface area contributed by atoms with Gasteiger partial charge in [-0.25, -0.2) is 0 Å². The molecular weight excluding hydrogens is 166 g/mol.